The van der Waals surface area contributed by atoms with Gasteiger partial charge in [-0.3, -0.25) is 5.10 Å². The number of aromatic nitrogens is 2. The molecule has 1 aliphatic heterocycles. The van der Waals surface area contributed by atoms with Gasteiger partial charge in [0.2, 0.25) is 0 Å². The van der Waals surface area contributed by atoms with Crippen LogP contribution in [0.4, 0.5) is 19.0 Å². The Morgan fingerprint density at radius 2 is 2.04 bits per heavy atom. The lowest BCUT2D eigenvalue weighted by Gasteiger charge is -2.29. The number of anilines is 1. The van der Waals surface area contributed by atoms with Crippen LogP contribution >= 0.6 is 11.6 Å². The maximum absolute atomic E-state index is 13.6. The zero-order valence-electron chi connectivity index (χ0n) is 12.9. The van der Waals surface area contributed by atoms with Crippen molar-refractivity contribution in [3.63, 3.8) is 0 Å². The number of hydrogen-bond acceptors (Lipinski definition) is 4. The number of H-pyrrole nitrogens is 1. The van der Waals surface area contributed by atoms with Crippen molar-refractivity contribution in [1.29, 1.82) is 0 Å². The number of carbonyl (C=O) groups excluding carboxylic acids is 1. The Morgan fingerprint density at radius 1 is 1.32 bits per heavy atom. The Bertz CT molecular complexity index is 845. The van der Waals surface area contributed by atoms with Crippen molar-refractivity contribution in [3.05, 3.63) is 57.9 Å². The van der Waals surface area contributed by atoms with Crippen molar-refractivity contribution >= 4 is 23.4 Å². The van der Waals surface area contributed by atoms with Crippen LogP contribution < -0.4 is 5.32 Å². The third kappa shape index (κ3) is 3.09. The normalized spacial score (nSPS) is 17.1. The molecule has 0 radical (unpaired) electrons. The molecule has 1 atom stereocenters. The Hall–Kier alpha value is -2.48. The topological polar surface area (TPSA) is 67.0 Å². The van der Waals surface area contributed by atoms with E-state index in [2.05, 4.69) is 15.5 Å². The average Bonchev–Trinajstić information content (AvgIpc) is 3.01. The fraction of sp³-hybridized carbons (Fsp3) is 0.250. The van der Waals surface area contributed by atoms with Crippen LogP contribution in [0.1, 0.15) is 24.0 Å². The van der Waals surface area contributed by atoms with Crippen molar-refractivity contribution in [1.82, 2.24) is 10.2 Å². The number of hydrogen-bond donors (Lipinski definition) is 2. The summed E-state index contributed by atoms with van der Waals surface area (Å²) >= 11 is 6.19. The van der Waals surface area contributed by atoms with Gasteiger partial charge < -0.3 is 10.1 Å². The molecule has 2 heterocycles. The van der Waals surface area contributed by atoms with Gasteiger partial charge in [0.1, 0.15) is 11.5 Å². The van der Waals surface area contributed by atoms with E-state index >= 15 is 0 Å². The van der Waals surface area contributed by atoms with E-state index < -0.39 is 29.3 Å². The lowest BCUT2D eigenvalue weighted by atomic mass is 9.82. The van der Waals surface area contributed by atoms with Gasteiger partial charge in [-0.15, -0.1) is 0 Å². The molecule has 0 aliphatic carbocycles. The van der Waals surface area contributed by atoms with Crippen molar-refractivity contribution in [2.75, 3.05) is 11.9 Å². The molecule has 0 amide bonds. The molecular weight excluding hydrogens is 359 g/mol. The largest absolute Gasteiger partial charge is 0.463 e. The number of rotatable bonds is 3. The summed E-state index contributed by atoms with van der Waals surface area (Å²) < 4.78 is 45.6. The van der Waals surface area contributed by atoms with Gasteiger partial charge in [0.05, 0.1) is 18.4 Å². The van der Waals surface area contributed by atoms with E-state index in [9.17, 15) is 18.0 Å². The van der Waals surface area contributed by atoms with Gasteiger partial charge >= 0.3 is 12.1 Å². The van der Waals surface area contributed by atoms with Crippen LogP contribution in [0.15, 0.2) is 41.7 Å². The molecule has 1 aromatic heterocycles. The Labute approximate surface area is 145 Å². The molecule has 1 unspecified atom stereocenters. The van der Waals surface area contributed by atoms with Gasteiger partial charge in [-0.05, 0) is 18.6 Å². The summed E-state index contributed by atoms with van der Waals surface area (Å²) in [6.07, 6.45) is -3.42. The van der Waals surface area contributed by atoms with Gasteiger partial charge in [-0.25, -0.2) is 4.79 Å². The number of allylic oxidation sites excluding steroid dienone is 1. The molecule has 0 fully saturated rings. The monoisotopic (exact) mass is 371 g/mol. The zero-order valence-corrected chi connectivity index (χ0v) is 13.7. The number of benzene rings is 1. The number of nitrogens with one attached hydrogen (secondary N) is 2. The minimum Gasteiger partial charge on any atom is -0.463 e. The molecule has 0 saturated carbocycles. The number of esters is 1. The van der Waals surface area contributed by atoms with E-state index in [4.69, 9.17) is 16.3 Å². The number of alkyl halides is 3. The maximum atomic E-state index is 13.6. The smallest absolute Gasteiger partial charge is 0.431 e. The molecule has 3 rings (SSSR count). The highest BCUT2D eigenvalue weighted by Gasteiger charge is 2.46. The minimum absolute atomic E-state index is 0.0546. The second-order valence-corrected chi connectivity index (χ2v) is 5.69. The van der Waals surface area contributed by atoms with Crippen LogP contribution in [-0.2, 0) is 9.53 Å². The number of ether oxygens (including phenoxy) is 1. The van der Waals surface area contributed by atoms with E-state index in [1.54, 1.807) is 24.3 Å². The average molecular weight is 372 g/mol. The van der Waals surface area contributed by atoms with E-state index in [1.165, 1.54) is 13.1 Å². The van der Waals surface area contributed by atoms with Crippen LogP contribution in [0.3, 0.4) is 0 Å². The molecule has 5 nitrogen and oxygen atoms in total. The SMILES string of the molecule is CCOC(=O)C1=C(C(F)(F)F)Nc2[nH]ncc2C1c1ccccc1Cl. The molecule has 0 spiro atoms. The van der Waals surface area contributed by atoms with Crippen LogP contribution in [-0.4, -0.2) is 28.9 Å². The molecule has 25 heavy (non-hydrogen) atoms. The second kappa shape index (κ2) is 6.44. The van der Waals surface area contributed by atoms with Gasteiger partial charge in [0.25, 0.3) is 0 Å². The lowest BCUT2D eigenvalue weighted by molar-refractivity contribution is -0.140. The molecule has 2 N–H and O–H groups in total. The highest BCUT2D eigenvalue weighted by Crippen LogP contribution is 2.46. The molecule has 0 saturated heterocycles. The van der Waals surface area contributed by atoms with Crippen LogP contribution in [0.5, 0.6) is 0 Å². The third-order valence-corrected chi connectivity index (χ3v) is 4.13. The molecule has 0 bridgehead atoms. The molecular formula is C16H13ClF3N3O2. The van der Waals surface area contributed by atoms with E-state index in [0.29, 0.717) is 11.1 Å². The van der Waals surface area contributed by atoms with Gasteiger partial charge in [0, 0.05) is 16.5 Å². The quantitative estimate of drug-likeness (QED) is 0.800. The lowest BCUT2D eigenvalue weighted by Crippen LogP contribution is -2.32. The predicted molar refractivity (Wildman–Crippen MR) is 85.2 cm³/mol. The number of nitrogens with zero attached hydrogens (tertiary/aromatic N) is 1. The van der Waals surface area contributed by atoms with Crippen molar-refractivity contribution < 1.29 is 22.7 Å². The summed E-state index contributed by atoms with van der Waals surface area (Å²) in [7, 11) is 0. The van der Waals surface area contributed by atoms with Gasteiger partial charge in [-0.2, -0.15) is 18.3 Å². The Kier molecular flexibility index (Phi) is 4.47. The van der Waals surface area contributed by atoms with Gasteiger partial charge in [0.15, 0.2) is 0 Å². The fourth-order valence-electron chi connectivity index (χ4n) is 2.79. The summed E-state index contributed by atoms with van der Waals surface area (Å²) in [5.41, 5.74) is -0.994. The summed E-state index contributed by atoms with van der Waals surface area (Å²) in [6, 6.07) is 6.41. The predicted octanol–water partition coefficient (Wildman–Crippen LogP) is 4.00. The first-order valence-corrected chi connectivity index (χ1v) is 7.75. The first-order chi connectivity index (χ1) is 11.8. The fourth-order valence-corrected chi connectivity index (χ4v) is 3.04. The van der Waals surface area contributed by atoms with Crippen LogP contribution in [0.25, 0.3) is 0 Å². The first kappa shape index (κ1) is 17.3. The van der Waals surface area contributed by atoms with Gasteiger partial charge in [-0.1, -0.05) is 29.8 Å². The second-order valence-electron chi connectivity index (χ2n) is 5.29. The highest BCUT2D eigenvalue weighted by atomic mass is 35.5. The molecule has 1 aliphatic rings. The summed E-state index contributed by atoms with van der Waals surface area (Å²) in [4.78, 5) is 12.4. The van der Waals surface area contributed by atoms with Crippen molar-refractivity contribution in [2.45, 2.75) is 19.0 Å². The van der Waals surface area contributed by atoms with Crippen molar-refractivity contribution in [2.24, 2.45) is 0 Å². The van der Waals surface area contributed by atoms with Crippen molar-refractivity contribution in [3.8, 4) is 0 Å². The van der Waals surface area contributed by atoms with E-state index in [0.717, 1.165) is 0 Å². The first-order valence-electron chi connectivity index (χ1n) is 7.37. The molecule has 2 aromatic rings. The standard InChI is InChI=1S/C16H13ClF3N3O2/c1-2-25-15(24)12-11(8-5-3-4-6-10(8)17)9-7-21-23-14(9)22-13(12)16(18,19)20/h3-7,11H,2H2,1H3,(H2,21,22,23). The number of fused-ring (bicyclic) bond motifs is 1. The molecule has 132 valence electrons. The van der Waals surface area contributed by atoms with E-state index in [1.807, 2.05) is 0 Å². The number of halogens is 4. The highest BCUT2D eigenvalue weighted by molar-refractivity contribution is 6.31. The summed E-state index contributed by atoms with van der Waals surface area (Å²) in [6.45, 7) is 1.47. The third-order valence-electron chi connectivity index (χ3n) is 3.78. The molecule has 1 aromatic carbocycles. The zero-order chi connectivity index (χ0) is 18.2. The minimum atomic E-state index is -4.79. The van der Waals surface area contributed by atoms with Crippen LogP contribution in [0.2, 0.25) is 5.02 Å². The summed E-state index contributed by atoms with van der Waals surface area (Å²) in [5, 5.41) is 8.73. The summed E-state index contributed by atoms with van der Waals surface area (Å²) in [5.74, 6) is -2.05. The Balaban J connectivity index is 2.28. The maximum Gasteiger partial charge on any atom is 0.431 e. The number of carbonyl (C=O) groups is 1. The van der Waals surface area contributed by atoms with E-state index in [-0.39, 0.29) is 17.4 Å². The number of aromatic amines is 1. The van der Waals surface area contributed by atoms with Crippen LogP contribution in [0, 0.1) is 0 Å². The Morgan fingerprint density at radius 3 is 2.68 bits per heavy atom. The molecule has 9 heteroatoms.